The van der Waals surface area contributed by atoms with Gasteiger partial charge in [-0.05, 0) is 51.3 Å². The number of rotatable bonds is 2. The van der Waals surface area contributed by atoms with E-state index in [-0.39, 0.29) is 6.54 Å². The topological polar surface area (TPSA) is 75.8 Å². The first-order valence-corrected chi connectivity index (χ1v) is 7.82. The van der Waals surface area contributed by atoms with Crippen molar-refractivity contribution >= 4 is 6.09 Å². The van der Waals surface area contributed by atoms with Gasteiger partial charge in [0.25, 0.3) is 0 Å². The first kappa shape index (κ1) is 17.7. The zero-order chi connectivity index (χ0) is 17.3. The van der Waals surface area contributed by atoms with E-state index in [1.807, 2.05) is 0 Å². The number of hydrogen-bond donors (Lipinski definition) is 2. The Hall–Kier alpha value is -1.66. The van der Waals surface area contributed by atoms with E-state index >= 15 is 0 Å². The van der Waals surface area contributed by atoms with Gasteiger partial charge in [-0.1, -0.05) is 12.1 Å². The number of hydrogen-bond acceptors (Lipinski definition) is 4. The SMILES string of the molecule is CC(C)(C)OC(=O)N1CCCC(O)(C(N)c2cccc(F)c2)C1. The van der Waals surface area contributed by atoms with Crippen molar-refractivity contribution in [2.75, 3.05) is 13.1 Å². The molecule has 1 aromatic rings. The average Bonchev–Trinajstić information content (AvgIpc) is 2.44. The molecule has 1 aromatic carbocycles. The normalized spacial score (nSPS) is 23.5. The van der Waals surface area contributed by atoms with Gasteiger partial charge in [0.1, 0.15) is 17.0 Å². The summed E-state index contributed by atoms with van der Waals surface area (Å²) in [6.07, 6.45) is 0.588. The number of carbonyl (C=O) groups is 1. The molecule has 5 nitrogen and oxygen atoms in total. The third-order valence-corrected chi connectivity index (χ3v) is 3.94. The van der Waals surface area contributed by atoms with Crippen LogP contribution in [0.15, 0.2) is 24.3 Å². The van der Waals surface area contributed by atoms with Crippen molar-refractivity contribution in [2.24, 2.45) is 5.73 Å². The van der Waals surface area contributed by atoms with E-state index in [2.05, 4.69) is 0 Å². The van der Waals surface area contributed by atoms with E-state index in [4.69, 9.17) is 10.5 Å². The molecule has 0 bridgehead atoms. The van der Waals surface area contributed by atoms with Gasteiger partial charge in [0.15, 0.2) is 0 Å². The van der Waals surface area contributed by atoms with Gasteiger partial charge >= 0.3 is 6.09 Å². The molecule has 0 spiro atoms. The molecule has 1 amide bonds. The molecule has 23 heavy (non-hydrogen) atoms. The van der Waals surface area contributed by atoms with E-state index in [1.165, 1.54) is 17.0 Å². The zero-order valence-corrected chi connectivity index (χ0v) is 13.9. The maximum atomic E-state index is 13.4. The van der Waals surface area contributed by atoms with Crippen molar-refractivity contribution in [3.63, 3.8) is 0 Å². The largest absolute Gasteiger partial charge is 0.444 e. The number of nitrogens with two attached hydrogens (primary N) is 1. The summed E-state index contributed by atoms with van der Waals surface area (Å²) in [6.45, 7) is 5.95. The molecule has 2 rings (SSSR count). The minimum absolute atomic E-state index is 0.0690. The van der Waals surface area contributed by atoms with Crippen LogP contribution in [-0.4, -0.2) is 40.4 Å². The van der Waals surface area contributed by atoms with Crippen molar-refractivity contribution in [2.45, 2.75) is 50.9 Å². The van der Waals surface area contributed by atoms with Crippen LogP contribution >= 0.6 is 0 Å². The molecule has 0 aliphatic carbocycles. The van der Waals surface area contributed by atoms with Crippen molar-refractivity contribution in [3.8, 4) is 0 Å². The molecule has 2 atom stereocenters. The second-order valence-corrected chi connectivity index (χ2v) is 7.14. The molecule has 0 aromatic heterocycles. The highest BCUT2D eigenvalue weighted by molar-refractivity contribution is 5.68. The Labute approximate surface area is 136 Å². The van der Waals surface area contributed by atoms with Crippen LogP contribution in [0, 0.1) is 5.82 Å². The molecule has 1 fully saturated rings. The molecule has 0 saturated carbocycles. The van der Waals surface area contributed by atoms with Gasteiger partial charge in [0, 0.05) is 6.54 Å². The standard InChI is InChI=1S/C17H25FN2O3/c1-16(2,3)23-15(21)20-9-5-8-17(22,11-20)14(19)12-6-4-7-13(18)10-12/h4,6-7,10,14,22H,5,8-9,11,19H2,1-3H3. The lowest BCUT2D eigenvalue weighted by atomic mass is 9.82. The van der Waals surface area contributed by atoms with Gasteiger partial charge in [-0.2, -0.15) is 0 Å². The molecule has 1 aliphatic rings. The summed E-state index contributed by atoms with van der Waals surface area (Å²) in [5.41, 5.74) is 4.78. The number of amides is 1. The maximum Gasteiger partial charge on any atom is 0.410 e. The molecule has 2 unspecified atom stereocenters. The van der Waals surface area contributed by atoms with Crippen molar-refractivity contribution < 1.29 is 19.0 Å². The third kappa shape index (κ3) is 4.42. The predicted molar refractivity (Wildman–Crippen MR) is 85.3 cm³/mol. The fraction of sp³-hybridized carbons (Fsp3) is 0.588. The molecule has 1 heterocycles. The fourth-order valence-electron chi connectivity index (χ4n) is 2.81. The van der Waals surface area contributed by atoms with Crippen LogP contribution < -0.4 is 5.73 Å². The lowest BCUT2D eigenvalue weighted by Crippen LogP contribution is -2.56. The Balaban J connectivity index is 2.13. The number of likely N-dealkylation sites (tertiary alicyclic amines) is 1. The summed E-state index contributed by atoms with van der Waals surface area (Å²) >= 11 is 0. The van der Waals surface area contributed by atoms with Crippen molar-refractivity contribution in [1.82, 2.24) is 4.90 Å². The number of nitrogens with zero attached hydrogens (tertiary/aromatic N) is 1. The van der Waals surface area contributed by atoms with Crippen LogP contribution in [0.25, 0.3) is 0 Å². The third-order valence-electron chi connectivity index (χ3n) is 3.94. The van der Waals surface area contributed by atoms with Crippen LogP contribution in [0.5, 0.6) is 0 Å². The Morgan fingerprint density at radius 2 is 2.17 bits per heavy atom. The minimum Gasteiger partial charge on any atom is -0.444 e. The number of β-amino-alcohol motifs (C(OH)–C–C–N with tert-alkyl or cyclic N) is 1. The lowest BCUT2D eigenvalue weighted by Gasteiger charge is -2.42. The van der Waals surface area contributed by atoms with Crippen LogP contribution in [0.1, 0.15) is 45.2 Å². The summed E-state index contributed by atoms with van der Waals surface area (Å²) in [5, 5.41) is 10.9. The highest BCUT2D eigenvalue weighted by Gasteiger charge is 2.42. The lowest BCUT2D eigenvalue weighted by molar-refractivity contribution is -0.0575. The molecule has 128 valence electrons. The number of carbonyl (C=O) groups excluding carboxylic acids is 1. The van der Waals surface area contributed by atoms with E-state index in [0.717, 1.165) is 0 Å². The average molecular weight is 324 g/mol. The van der Waals surface area contributed by atoms with E-state index in [9.17, 15) is 14.3 Å². The number of aliphatic hydroxyl groups is 1. The first-order chi connectivity index (χ1) is 10.6. The van der Waals surface area contributed by atoms with Gasteiger partial charge in [-0.15, -0.1) is 0 Å². The molecule has 6 heteroatoms. The van der Waals surface area contributed by atoms with Crippen LogP contribution in [0.4, 0.5) is 9.18 Å². The van der Waals surface area contributed by atoms with Gasteiger partial charge in [0.05, 0.1) is 12.6 Å². The van der Waals surface area contributed by atoms with Gasteiger partial charge in [0.2, 0.25) is 0 Å². The van der Waals surface area contributed by atoms with Gasteiger partial charge < -0.3 is 20.5 Å². The Morgan fingerprint density at radius 1 is 1.48 bits per heavy atom. The highest BCUT2D eigenvalue weighted by Crippen LogP contribution is 2.33. The van der Waals surface area contributed by atoms with Gasteiger partial charge in [-0.3, -0.25) is 0 Å². The number of halogens is 1. The molecular weight excluding hydrogens is 299 g/mol. The number of ether oxygens (including phenoxy) is 1. The summed E-state index contributed by atoms with van der Waals surface area (Å²) in [6, 6.07) is 5.10. The Kier molecular flexibility index (Phi) is 4.96. The summed E-state index contributed by atoms with van der Waals surface area (Å²) in [7, 11) is 0. The monoisotopic (exact) mass is 324 g/mol. The van der Waals surface area contributed by atoms with E-state index in [0.29, 0.717) is 24.9 Å². The maximum absolute atomic E-state index is 13.4. The summed E-state index contributed by atoms with van der Waals surface area (Å²) < 4.78 is 18.7. The van der Waals surface area contributed by atoms with Crippen LogP contribution in [0.2, 0.25) is 0 Å². The highest BCUT2D eigenvalue weighted by atomic mass is 19.1. The second kappa shape index (κ2) is 6.45. The Morgan fingerprint density at radius 3 is 2.78 bits per heavy atom. The molecule has 1 aliphatic heterocycles. The molecule has 3 N–H and O–H groups in total. The quantitative estimate of drug-likeness (QED) is 0.877. The van der Waals surface area contributed by atoms with Crippen molar-refractivity contribution in [1.29, 1.82) is 0 Å². The smallest absolute Gasteiger partial charge is 0.410 e. The fourth-order valence-corrected chi connectivity index (χ4v) is 2.81. The number of piperidine rings is 1. The van der Waals surface area contributed by atoms with E-state index in [1.54, 1.807) is 32.9 Å². The molecule has 0 radical (unpaired) electrons. The Bertz CT molecular complexity index is 573. The zero-order valence-electron chi connectivity index (χ0n) is 13.9. The van der Waals surface area contributed by atoms with Crippen LogP contribution in [-0.2, 0) is 4.74 Å². The van der Waals surface area contributed by atoms with Gasteiger partial charge in [-0.25, -0.2) is 9.18 Å². The van der Waals surface area contributed by atoms with Crippen LogP contribution in [0.3, 0.4) is 0 Å². The summed E-state index contributed by atoms with van der Waals surface area (Å²) in [5.74, 6) is -0.402. The van der Waals surface area contributed by atoms with Crippen molar-refractivity contribution in [3.05, 3.63) is 35.6 Å². The molecular formula is C17H25FN2O3. The molecule has 1 saturated heterocycles. The second-order valence-electron chi connectivity index (χ2n) is 7.14. The predicted octanol–water partition coefficient (Wildman–Crippen LogP) is 2.59. The first-order valence-electron chi connectivity index (χ1n) is 7.82. The van der Waals surface area contributed by atoms with E-state index < -0.39 is 29.2 Å². The summed E-state index contributed by atoms with van der Waals surface area (Å²) in [4.78, 5) is 13.7. The minimum atomic E-state index is -1.30. The number of benzene rings is 1.